The summed E-state index contributed by atoms with van der Waals surface area (Å²) in [6, 6.07) is 9.88. The number of hydrazine groups is 1. The van der Waals surface area contributed by atoms with Crippen LogP contribution in [-0.4, -0.2) is 22.9 Å². The number of hydrogen-bond acceptors (Lipinski definition) is 4. The fourth-order valence-corrected chi connectivity index (χ4v) is 2.06. The van der Waals surface area contributed by atoms with Crippen LogP contribution in [0.1, 0.15) is 17.3 Å². The van der Waals surface area contributed by atoms with Gasteiger partial charge in [0.2, 0.25) is 0 Å². The van der Waals surface area contributed by atoms with Crippen molar-refractivity contribution in [1.82, 2.24) is 15.8 Å². The molecule has 2 aromatic rings. The van der Waals surface area contributed by atoms with Crippen LogP contribution in [0.25, 0.3) is 0 Å². The lowest BCUT2D eigenvalue weighted by Gasteiger charge is -2.15. The molecule has 2 amide bonds. The van der Waals surface area contributed by atoms with E-state index in [9.17, 15) is 14.4 Å². The van der Waals surface area contributed by atoms with Crippen LogP contribution in [0.15, 0.2) is 51.9 Å². The van der Waals surface area contributed by atoms with E-state index in [1.807, 2.05) is 6.07 Å². The number of aromatic nitrogens is 1. The van der Waals surface area contributed by atoms with E-state index >= 15 is 0 Å². The molecule has 7 nitrogen and oxygen atoms in total. The lowest BCUT2D eigenvalue weighted by Crippen LogP contribution is -2.48. The van der Waals surface area contributed by atoms with Gasteiger partial charge in [0.1, 0.15) is 11.3 Å². The first-order valence-electron chi connectivity index (χ1n) is 6.67. The van der Waals surface area contributed by atoms with Crippen LogP contribution in [0.3, 0.4) is 0 Å². The van der Waals surface area contributed by atoms with Gasteiger partial charge < -0.3 is 9.72 Å². The lowest BCUT2D eigenvalue weighted by atomic mass is 10.3. The summed E-state index contributed by atoms with van der Waals surface area (Å²) in [6.07, 6.45) is 0.574. The summed E-state index contributed by atoms with van der Waals surface area (Å²) >= 11 is 3.30. The molecule has 120 valence electrons. The van der Waals surface area contributed by atoms with Crippen LogP contribution in [0.2, 0.25) is 0 Å². The minimum atomic E-state index is -0.835. The minimum Gasteiger partial charge on any atom is -0.481 e. The molecule has 0 unspecified atom stereocenters. The summed E-state index contributed by atoms with van der Waals surface area (Å²) in [5, 5.41) is 0. The molecule has 1 aromatic heterocycles. The van der Waals surface area contributed by atoms with Gasteiger partial charge in [-0.2, -0.15) is 0 Å². The Balaban J connectivity index is 1.90. The first-order chi connectivity index (χ1) is 11.0. The Labute approximate surface area is 140 Å². The van der Waals surface area contributed by atoms with Gasteiger partial charge in [0.05, 0.1) is 0 Å². The van der Waals surface area contributed by atoms with E-state index in [1.54, 1.807) is 18.2 Å². The van der Waals surface area contributed by atoms with Crippen LogP contribution < -0.4 is 21.1 Å². The van der Waals surface area contributed by atoms with E-state index in [0.29, 0.717) is 5.75 Å². The van der Waals surface area contributed by atoms with E-state index in [1.165, 1.54) is 25.3 Å². The smallest absolute Gasteiger partial charge is 0.279 e. The summed E-state index contributed by atoms with van der Waals surface area (Å²) < 4.78 is 6.28. The van der Waals surface area contributed by atoms with Gasteiger partial charge in [-0.1, -0.05) is 22.0 Å². The Morgan fingerprint density at radius 3 is 2.70 bits per heavy atom. The van der Waals surface area contributed by atoms with Crippen LogP contribution >= 0.6 is 15.9 Å². The van der Waals surface area contributed by atoms with Crippen LogP contribution in [0.4, 0.5) is 0 Å². The molecule has 2 rings (SSSR count). The van der Waals surface area contributed by atoms with Crippen molar-refractivity contribution in [2.45, 2.75) is 13.0 Å². The lowest BCUT2D eigenvalue weighted by molar-refractivity contribution is -0.128. The molecular formula is C15H14BrN3O4. The Hall–Kier alpha value is -2.61. The maximum atomic E-state index is 11.9. The van der Waals surface area contributed by atoms with E-state index < -0.39 is 23.5 Å². The number of carbonyl (C=O) groups excluding carboxylic acids is 2. The maximum absolute atomic E-state index is 11.9. The highest BCUT2D eigenvalue weighted by atomic mass is 79.9. The fraction of sp³-hybridized carbons (Fsp3) is 0.133. The molecule has 0 aliphatic carbocycles. The highest BCUT2D eigenvalue weighted by Gasteiger charge is 2.17. The van der Waals surface area contributed by atoms with Gasteiger partial charge in [-0.25, -0.2) is 0 Å². The zero-order valence-corrected chi connectivity index (χ0v) is 13.7. The number of amides is 2. The molecule has 23 heavy (non-hydrogen) atoms. The third-order valence-corrected chi connectivity index (χ3v) is 3.33. The predicted octanol–water partition coefficient (Wildman–Crippen LogP) is 1.37. The van der Waals surface area contributed by atoms with E-state index in [4.69, 9.17) is 4.74 Å². The number of carbonyl (C=O) groups is 2. The van der Waals surface area contributed by atoms with Gasteiger partial charge in [-0.3, -0.25) is 25.2 Å². The normalized spacial score (nSPS) is 11.4. The Morgan fingerprint density at radius 1 is 1.22 bits per heavy atom. The standard InChI is InChI=1S/C15H14BrN3O4/c1-9(23-11-5-2-4-10(16)8-11)13(20)18-19-15(22)12-6-3-7-17-14(12)21/h2-9H,1H3,(H,17,21)(H,18,20)(H,19,22)/t9-/m1/s1. The third-order valence-electron chi connectivity index (χ3n) is 2.84. The average Bonchev–Trinajstić information content (AvgIpc) is 2.52. The second-order valence-corrected chi connectivity index (χ2v) is 5.49. The molecule has 0 aliphatic heterocycles. The Bertz CT molecular complexity index is 775. The molecule has 1 aromatic carbocycles. The number of halogens is 1. The summed E-state index contributed by atoms with van der Waals surface area (Å²) in [5.41, 5.74) is 3.74. The van der Waals surface area contributed by atoms with Crippen molar-refractivity contribution in [1.29, 1.82) is 0 Å². The molecule has 8 heteroatoms. The highest BCUT2D eigenvalue weighted by Crippen LogP contribution is 2.18. The number of ether oxygens (including phenoxy) is 1. The molecule has 0 aliphatic rings. The number of hydrogen-bond donors (Lipinski definition) is 3. The molecule has 0 radical (unpaired) electrons. The van der Waals surface area contributed by atoms with Crippen molar-refractivity contribution in [3.63, 3.8) is 0 Å². The average molecular weight is 380 g/mol. The number of H-pyrrole nitrogens is 1. The maximum Gasteiger partial charge on any atom is 0.279 e. The highest BCUT2D eigenvalue weighted by molar-refractivity contribution is 9.10. The zero-order chi connectivity index (χ0) is 16.8. The predicted molar refractivity (Wildman–Crippen MR) is 86.9 cm³/mol. The number of rotatable bonds is 4. The van der Waals surface area contributed by atoms with Crippen molar-refractivity contribution in [2.75, 3.05) is 0 Å². The van der Waals surface area contributed by atoms with Crippen molar-refractivity contribution in [2.24, 2.45) is 0 Å². The summed E-state index contributed by atoms with van der Waals surface area (Å²) in [5.74, 6) is -0.756. The van der Waals surface area contributed by atoms with Crippen LogP contribution in [0.5, 0.6) is 5.75 Å². The van der Waals surface area contributed by atoms with Gasteiger partial charge in [0.25, 0.3) is 17.4 Å². The van der Waals surface area contributed by atoms with Gasteiger partial charge in [-0.05, 0) is 37.3 Å². The Morgan fingerprint density at radius 2 is 2.00 bits per heavy atom. The van der Waals surface area contributed by atoms with Crippen LogP contribution in [-0.2, 0) is 4.79 Å². The minimum absolute atomic E-state index is 0.103. The Kier molecular flexibility index (Phi) is 5.53. The van der Waals surface area contributed by atoms with Gasteiger partial charge in [-0.15, -0.1) is 0 Å². The van der Waals surface area contributed by atoms with E-state index in [0.717, 1.165) is 4.47 Å². The molecule has 0 spiro atoms. The summed E-state index contributed by atoms with van der Waals surface area (Å²) in [4.78, 5) is 37.5. The van der Waals surface area contributed by atoms with E-state index in [2.05, 4.69) is 31.8 Å². The van der Waals surface area contributed by atoms with Crippen molar-refractivity contribution in [3.8, 4) is 5.75 Å². The van der Waals surface area contributed by atoms with Gasteiger partial charge in [0, 0.05) is 10.7 Å². The van der Waals surface area contributed by atoms with Crippen LogP contribution in [0, 0.1) is 0 Å². The molecule has 1 heterocycles. The number of nitrogens with one attached hydrogen (secondary N) is 3. The zero-order valence-electron chi connectivity index (χ0n) is 12.1. The summed E-state index contributed by atoms with van der Waals surface area (Å²) in [6.45, 7) is 1.54. The number of benzene rings is 1. The number of aromatic amines is 1. The first kappa shape index (κ1) is 16.8. The number of pyridine rings is 1. The first-order valence-corrected chi connectivity index (χ1v) is 7.47. The van der Waals surface area contributed by atoms with Gasteiger partial charge in [0.15, 0.2) is 6.10 Å². The second-order valence-electron chi connectivity index (χ2n) is 4.57. The molecule has 1 atom stereocenters. The van der Waals surface area contributed by atoms with Crippen molar-refractivity contribution < 1.29 is 14.3 Å². The monoisotopic (exact) mass is 379 g/mol. The molecule has 0 bridgehead atoms. The van der Waals surface area contributed by atoms with E-state index in [-0.39, 0.29) is 5.56 Å². The second kappa shape index (κ2) is 7.59. The third kappa shape index (κ3) is 4.68. The molecular weight excluding hydrogens is 366 g/mol. The fourth-order valence-electron chi connectivity index (χ4n) is 1.69. The van der Waals surface area contributed by atoms with Gasteiger partial charge >= 0.3 is 0 Å². The molecule has 0 saturated carbocycles. The topological polar surface area (TPSA) is 100 Å². The SMILES string of the molecule is C[C@@H](Oc1cccc(Br)c1)C(=O)NNC(=O)c1ccc[nH]c1=O. The van der Waals surface area contributed by atoms with Crippen molar-refractivity contribution in [3.05, 3.63) is 63.0 Å². The largest absolute Gasteiger partial charge is 0.481 e. The molecule has 3 N–H and O–H groups in total. The van der Waals surface area contributed by atoms with Crippen molar-refractivity contribution >= 4 is 27.7 Å². The summed E-state index contributed by atoms with van der Waals surface area (Å²) in [7, 11) is 0. The quantitative estimate of drug-likeness (QED) is 0.698. The molecule has 0 fully saturated rings. The molecule has 0 saturated heterocycles.